The number of methoxy groups -OCH3 is 3. The number of amidine groups is 1. The van der Waals surface area contributed by atoms with Crippen molar-refractivity contribution in [1.29, 1.82) is 10.5 Å². The summed E-state index contributed by atoms with van der Waals surface area (Å²) in [7, 11) is 4.63. The van der Waals surface area contributed by atoms with Crippen LogP contribution in [0.1, 0.15) is 38.2 Å². The molecule has 0 amide bonds. The molecule has 0 spiro atoms. The monoisotopic (exact) mass is 460 g/mol. The fourth-order valence-corrected chi connectivity index (χ4v) is 7.83. The standard InChI is InChI=1S/C22H28N4O3S2/c1-6-8-30-22(31-9-7-2)21(13-24)18(20(21,12-23)19(25)26-22)14-10-15(27-3)17(29-5)16(11-14)28-4/h10-11,18H,6-9H2,1-5H3,(H2,25,26). The molecule has 1 aliphatic carbocycles. The molecule has 2 aliphatic rings. The third-order valence-corrected chi connectivity index (χ3v) is 9.49. The minimum absolute atomic E-state index is 0.238. The van der Waals surface area contributed by atoms with Gasteiger partial charge in [0.25, 0.3) is 0 Å². The van der Waals surface area contributed by atoms with E-state index in [-0.39, 0.29) is 5.84 Å². The van der Waals surface area contributed by atoms with E-state index >= 15 is 0 Å². The molecular weight excluding hydrogens is 432 g/mol. The molecule has 0 bridgehead atoms. The number of benzene rings is 1. The van der Waals surface area contributed by atoms with E-state index in [0.717, 1.165) is 29.9 Å². The van der Waals surface area contributed by atoms with Crippen LogP contribution in [0.25, 0.3) is 0 Å². The van der Waals surface area contributed by atoms with Gasteiger partial charge in [-0.2, -0.15) is 10.5 Å². The van der Waals surface area contributed by atoms with Crippen molar-refractivity contribution in [3.8, 4) is 29.4 Å². The zero-order valence-corrected chi connectivity index (χ0v) is 20.2. The van der Waals surface area contributed by atoms with Crippen molar-refractivity contribution in [2.24, 2.45) is 21.6 Å². The van der Waals surface area contributed by atoms with Gasteiger partial charge in [-0.15, -0.1) is 23.5 Å². The van der Waals surface area contributed by atoms with Crippen molar-refractivity contribution in [1.82, 2.24) is 0 Å². The first-order chi connectivity index (χ1) is 14.9. The Morgan fingerprint density at radius 3 is 1.94 bits per heavy atom. The zero-order valence-electron chi connectivity index (χ0n) is 18.5. The molecule has 2 N–H and O–H groups in total. The number of hydrogen-bond acceptors (Lipinski definition) is 9. The van der Waals surface area contributed by atoms with Crippen LogP contribution in [0.4, 0.5) is 0 Å². The second-order valence-electron chi connectivity index (χ2n) is 7.51. The molecule has 1 saturated carbocycles. The number of nitriles is 2. The van der Waals surface area contributed by atoms with Crippen molar-refractivity contribution in [2.75, 3.05) is 32.8 Å². The largest absolute Gasteiger partial charge is 0.493 e. The van der Waals surface area contributed by atoms with Gasteiger partial charge < -0.3 is 19.9 Å². The minimum atomic E-state index is -1.19. The molecule has 31 heavy (non-hydrogen) atoms. The second-order valence-corrected chi connectivity index (χ2v) is 10.3. The number of aliphatic imine (C=N–C) groups is 1. The Morgan fingerprint density at radius 2 is 1.55 bits per heavy atom. The molecular formula is C22H28N4O3S2. The molecule has 0 aromatic heterocycles. The highest BCUT2D eigenvalue weighted by Crippen LogP contribution is 2.85. The van der Waals surface area contributed by atoms with Gasteiger partial charge in [-0.25, -0.2) is 4.99 Å². The van der Waals surface area contributed by atoms with E-state index < -0.39 is 21.0 Å². The van der Waals surface area contributed by atoms with E-state index in [2.05, 4.69) is 26.0 Å². The average molecular weight is 461 g/mol. The van der Waals surface area contributed by atoms with Crippen molar-refractivity contribution >= 4 is 29.4 Å². The van der Waals surface area contributed by atoms with Gasteiger partial charge in [0.15, 0.2) is 15.7 Å². The molecule has 0 saturated heterocycles. The average Bonchev–Trinajstić information content (AvgIpc) is 3.38. The third-order valence-electron chi connectivity index (χ3n) is 5.95. The van der Waals surface area contributed by atoms with Crippen LogP contribution in [0.2, 0.25) is 0 Å². The fourth-order valence-electron chi connectivity index (χ4n) is 4.61. The lowest BCUT2D eigenvalue weighted by molar-refractivity contribution is 0.323. The van der Waals surface area contributed by atoms with E-state index in [4.69, 9.17) is 24.9 Å². The van der Waals surface area contributed by atoms with Crippen LogP contribution in [-0.2, 0) is 0 Å². The van der Waals surface area contributed by atoms with Gasteiger partial charge in [0, 0.05) is 5.92 Å². The molecule has 3 unspecified atom stereocenters. The third kappa shape index (κ3) is 2.97. The van der Waals surface area contributed by atoms with Gasteiger partial charge in [-0.3, -0.25) is 0 Å². The minimum Gasteiger partial charge on any atom is -0.493 e. The molecule has 3 atom stereocenters. The summed E-state index contributed by atoms with van der Waals surface area (Å²) in [6.45, 7) is 4.18. The maximum atomic E-state index is 10.6. The van der Waals surface area contributed by atoms with E-state index in [1.54, 1.807) is 37.7 Å². The molecule has 1 heterocycles. The number of fused-ring (bicyclic) bond motifs is 1. The highest BCUT2D eigenvalue weighted by Gasteiger charge is 2.92. The molecule has 1 aromatic rings. The molecule has 7 nitrogen and oxygen atoms in total. The number of ether oxygens (including phenoxy) is 3. The topological polar surface area (TPSA) is 114 Å². The highest BCUT2D eigenvalue weighted by atomic mass is 32.2. The van der Waals surface area contributed by atoms with Crippen LogP contribution in [0.5, 0.6) is 17.2 Å². The van der Waals surface area contributed by atoms with Crippen LogP contribution in [-0.4, -0.2) is 42.9 Å². The predicted octanol–water partition coefficient (Wildman–Crippen LogP) is 4.14. The van der Waals surface area contributed by atoms with Crippen LogP contribution in [0, 0.1) is 33.5 Å². The lowest BCUT2D eigenvalue weighted by Crippen LogP contribution is -2.32. The first-order valence-corrected chi connectivity index (χ1v) is 12.2. The Hall–Kier alpha value is -2.23. The fraction of sp³-hybridized carbons (Fsp3) is 0.591. The summed E-state index contributed by atoms with van der Waals surface area (Å²) in [5.74, 6) is 2.85. The molecule has 3 rings (SSSR count). The SMILES string of the molecule is CCCSC1(SCCC)N=C(N)C2(C#N)C(c3cc(OC)c(OC)c(OC)c3)C12C#N. The number of nitrogens with zero attached hydrogens (tertiary/aromatic N) is 3. The Kier molecular flexibility index (Phi) is 6.59. The van der Waals surface area contributed by atoms with Crippen LogP contribution >= 0.6 is 23.5 Å². The van der Waals surface area contributed by atoms with E-state index in [0.29, 0.717) is 17.2 Å². The maximum absolute atomic E-state index is 10.6. The molecule has 1 aromatic carbocycles. The maximum Gasteiger partial charge on any atom is 0.203 e. The van der Waals surface area contributed by atoms with Crippen LogP contribution in [0.3, 0.4) is 0 Å². The smallest absolute Gasteiger partial charge is 0.203 e. The van der Waals surface area contributed by atoms with E-state index in [1.807, 2.05) is 12.1 Å². The summed E-state index contributed by atoms with van der Waals surface area (Å²) < 4.78 is 15.6. The van der Waals surface area contributed by atoms with Crippen molar-refractivity contribution in [3.63, 3.8) is 0 Å². The molecule has 0 radical (unpaired) electrons. The highest BCUT2D eigenvalue weighted by molar-refractivity contribution is 8.18. The quantitative estimate of drug-likeness (QED) is 0.518. The van der Waals surface area contributed by atoms with E-state index in [1.165, 1.54) is 7.11 Å². The first kappa shape index (κ1) is 23.4. The van der Waals surface area contributed by atoms with Crippen LogP contribution in [0.15, 0.2) is 17.1 Å². The first-order valence-electron chi connectivity index (χ1n) is 10.2. The number of thioether (sulfide) groups is 2. The molecule has 1 fully saturated rings. The zero-order chi connectivity index (χ0) is 22.9. The van der Waals surface area contributed by atoms with Crippen molar-refractivity contribution in [3.05, 3.63) is 17.7 Å². The van der Waals surface area contributed by atoms with Gasteiger partial charge in [0.05, 0.1) is 33.5 Å². The van der Waals surface area contributed by atoms with E-state index in [9.17, 15) is 10.5 Å². The summed E-state index contributed by atoms with van der Waals surface area (Å²) in [5, 5.41) is 20.9. The molecule has 1 aliphatic heterocycles. The predicted molar refractivity (Wildman–Crippen MR) is 125 cm³/mol. The molecule has 166 valence electrons. The van der Waals surface area contributed by atoms with Gasteiger partial charge in [-0.05, 0) is 42.0 Å². The van der Waals surface area contributed by atoms with Gasteiger partial charge >= 0.3 is 0 Å². The van der Waals surface area contributed by atoms with Crippen molar-refractivity contribution in [2.45, 2.75) is 36.8 Å². The number of rotatable bonds is 10. The number of nitrogens with two attached hydrogens (primary N) is 1. The lowest BCUT2D eigenvalue weighted by Gasteiger charge is -2.32. The molecule has 9 heteroatoms. The van der Waals surface area contributed by atoms with Gasteiger partial charge in [-0.1, -0.05) is 13.8 Å². The van der Waals surface area contributed by atoms with Gasteiger partial charge in [0.1, 0.15) is 16.7 Å². The van der Waals surface area contributed by atoms with Crippen LogP contribution < -0.4 is 19.9 Å². The summed E-state index contributed by atoms with van der Waals surface area (Å²) in [5.41, 5.74) is 4.92. The summed E-state index contributed by atoms with van der Waals surface area (Å²) in [6, 6.07) is 8.55. The second kappa shape index (κ2) is 8.72. The summed E-state index contributed by atoms with van der Waals surface area (Å²) in [6.07, 6.45) is 1.87. The summed E-state index contributed by atoms with van der Waals surface area (Å²) in [4.78, 5) is 4.79. The van der Waals surface area contributed by atoms with Crippen molar-refractivity contribution < 1.29 is 14.2 Å². The summed E-state index contributed by atoms with van der Waals surface area (Å²) >= 11 is 3.25. The number of hydrogen-bond donors (Lipinski definition) is 1. The normalized spacial score (nSPS) is 27.5. The Balaban J connectivity index is 2.23. The van der Waals surface area contributed by atoms with Gasteiger partial charge in [0.2, 0.25) is 5.75 Å². The lowest BCUT2D eigenvalue weighted by atomic mass is 9.97. The Morgan fingerprint density at radius 1 is 1.00 bits per heavy atom. The Bertz CT molecular complexity index is 937. The Labute approximate surface area is 192 Å².